The minimum Gasteiger partial charge on any atom is -0.456 e. The summed E-state index contributed by atoms with van der Waals surface area (Å²) in [5.41, 5.74) is 11.1. The van der Waals surface area contributed by atoms with Crippen molar-refractivity contribution < 1.29 is 4.42 Å². The third-order valence-corrected chi connectivity index (χ3v) is 10.9. The summed E-state index contributed by atoms with van der Waals surface area (Å²) < 4.78 is 6.22. The standard InChI is InChI=1S/C50H50Cl2N2O/c1-48(2,3)35-16-24-40(25-17-35)53(39-22-14-33(15-23-39)46-30-34-12-10-11-13-45(34)55-46)43-31-38(51)32-44(47(43)52)54(41-26-18-36(19-27-41)49(4,5)6)42-28-20-37(21-29-42)50(7,8)9/h10-32H,1-9H3. The van der Waals surface area contributed by atoms with Crippen LogP contribution in [0.25, 0.3) is 22.3 Å². The van der Waals surface area contributed by atoms with Gasteiger partial charge in [-0.15, -0.1) is 0 Å². The molecule has 7 aromatic rings. The molecule has 0 aliphatic rings. The summed E-state index contributed by atoms with van der Waals surface area (Å²) in [6.07, 6.45) is 0. The Bertz CT molecular complexity index is 2330. The molecule has 55 heavy (non-hydrogen) atoms. The van der Waals surface area contributed by atoms with Crippen molar-refractivity contribution in [2.75, 3.05) is 9.80 Å². The van der Waals surface area contributed by atoms with Crippen LogP contribution in [0.2, 0.25) is 10.0 Å². The SMILES string of the molecule is CC(C)(C)c1ccc(N(c2ccc(-c3cc4ccccc4o3)cc2)c2cc(Cl)cc(N(c3ccc(C(C)(C)C)cc3)c3ccc(C(C)(C)C)cc3)c2Cl)cc1. The Morgan fingerprint density at radius 3 is 1.16 bits per heavy atom. The molecule has 0 saturated carbocycles. The van der Waals surface area contributed by atoms with E-state index >= 15 is 0 Å². The van der Waals surface area contributed by atoms with E-state index in [0.717, 1.165) is 56.4 Å². The molecule has 6 aromatic carbocycles. The van der Waals surface area contributed by atoms with Crippen LogP contribution >= 0.6 is 23.2 Å². The number of nitrogens with zero attached hydrogens (tertiary/aromatic N) is 2. The van der Waals surface area contributed by atoms with E-state index in [1.165, 1.54) is 16.7 Å². The van der Waals surface area contributed by atoms with Gasteiger partial charge < -0.3 is 14.2 Å². The zero-order chi connectivity index (χ0) is 39.3. The first-order chi connectivity index (χ1) is 26.0. The lowest BCUT2D eigenvalue weighted by Crippen LogP contribution is -2.16. The van der Waals surface area contributed by atoms with Crippen LogP contribution in [-0.2, 0) is 16.2 Å². The number of hydrogen-bond acceptors (Lipinski definition) is 3. The maximum absolute atomic E-state index is 7.70. The Balaban J connectivity index is 1.39. The number of furan rings is 1. The minimum atomic E-state index is 0.00401. The minimum absolute atomic E-state index is 0.00401. The number of fused-ring (bicyclic) bond motifs is 1. The Kier molecular flexibility index (Phi) is 10.2. The smallest absolute Gasteiger partial charge is 0.135 e. The van der Waals surface area contributed by atoms with Crippen molar-refractivity contribution in [3.63, 3.8) is 0 Å². The van der Waals surface area contributed by atoms with Crippen LogP contribution in [0.4, 0.5) is 34.1 Å². The van der Waals surface area contributed by atoms with Gasteiger partial charge in [0.1, 0.15) is 11.3 Å². The fourth-order valence-electron chi connectivity index (χ4n) is 6.97. The molecule has 0 atom stereocenters. The highest BCUT2D eigenvalue weighted by atomic mass is 35.5. The average Bonchev–Trinajstić information content (AvgIpc) is 3.58. The van der Waals surface area contributed by atoms with Crippen LogP contribution < -0.4 is 9.80 Å². The molecule has 0 saturated heterocycles. The monoisotopic (exact) mass is 764 g/mol. The second-order valence-electron chi connectivity index (χ2n) is 17.5. The molecule has 0 bridgehead atoms. The Morgan fingerprint density at radius 1 is 0.436 bits per heavy atom. The summed E-state index contributed by atoms with van der Waals surface area (Å²) >= 11 is 14.8. The van der Waals surface area contributed by atoms with E-state index in [1.807, 2.05) is 30.3 Å². The van der Waals surface area contributed by atoms with Gasteiger partial charge >= 0.3 is 0 Å². The van der Waals surface area contributed by atoms with Crippen LogP contribution in [0.15, 0.2) is 144 Å². The van der Waals surface area contributed by atoms with Crippen LogP contribution in [0.1, 0.15) is 79.0 Å². The molecule has 280 valence electrons. The highest BCUT2D eigenvalue weighted by molar-refractivity contribution is 6.38. The molecule has 1 heterocycles. The van der Waals surface area contributed by atoms with Gasteiger partial charge in [-0.3, -0.25) is 0 Å². The highest BCUT2D eigenvalue weighted by Gasteiger charge is 2.25. The Labute approximate surface area is 337 Å². The lowest BCUT2D eigenvalue weighted by Gasteiger charge is -2.32. The molecule has 0 spiro atoms. The average molecular weight is 766 g/mol. The quantitative estimate of drug-likeness (QED) is 0.161. The van der Waals surface area contributed by atoms with Gasteiger partial charge in [0.15, 0.2) is 0 Å². The molecular weight excluding hydrogens is 715 g/mol. The summed E-state index contributed by atoms with van der Waals surface area (Å²) in [5, 5.41) is 2.23. The van der Waals surface area contributed by atoms with Gasteiger partial charge in [-0.05, 0) is 118 Å². The number of anilines is 6. The van der Waals surface area contributed by atoms with Crippen molar-refractivity contribution in [2.24, 2.45) is 0 Å². The van der Waals surface area contributed by atoms with Crippen molar-refractivity contribution >= 4 is 68.3 Å². The van der Waals surface area contributed by atoms with E-state index in [4.69, 9.17) is 27.6 Å². The normalized spacial score (nSPS) is 12.3. The molecule has 0 radical (unpaired) electrons. The zero-order valence-electron chi connectivity index (χ0n) is 33.3. The van der Waals surface area contributed by atoms with Crippen LogP contribution in [-0.4, -0.2) is 0 Å². The van der Waals surface area contributed by atoms with Gasteiger partial charge in [-0.2, -0.15) is 0 Å². The van der Waals surface area contributed by atoms with Crippen molar-refractivity contribution in [3.05, 3.63) is 166 Å². The predicted octanol–water partition coefficient (Wildman–Crippen LogP) is 16.2. The number of benzene rings is 6. The third kappa shape index (κ3) is 8.06. The van der Waals surface area contributed by atoms with Gasteiger partial charge in [0.25, 0.3) is 0 Å². The first-order valence-electron chi connectivity index (χ1n) is 19.0. The zero-order valence-corrected chi connectivity index (χ0v) is 34.8. The molecule has 0 aliphatic carbocycles. The van der Waals surface area contributed by atoms with Crippen molar-refractivity contribution in [1.82, 2.24) is 0 Å². The van der Waals surface area contributed by atoms with Gasteiger partial charge in [0.2, 0.25) is 0 Å². The molecule has 5 heteroatoms. The van der Waals surface area contributed by atoms with Gasteiger partial charge in [-0.25, -0.2) is 0 Å². The van der Waals surface area contributed by atoms with Crippen LogP contribution in [0.5, 0.6) is 0 Å². The summed E-state index contributed by atoms with van der Waals surface area (Å²) in [7, 11) is 0. The lowest BCUT2D eigenvalue weighted by molar-refractivity contribution is 0.590. The maximum atomic E-state index is 7.70. The Morgan fingerprint density at radius 2 is 0.800 bits per heavy atom. The van der Waals surface area contributed by atoms with E-state index in [0.29, 0.717) is 10.0 Å². The molecule has 1 aromatic heterocycles. The van der Waals surface area contributed by atoms with Gasteiger partial charge in [-0.1, -0.05) is 140 Å². The van der Waals surface area contributed by atoms with Crippen molar-refractivity contribution in [1.29, 1.82) is 0 Å². The van der Waals surface area contributed by atoms with Crippen LogP contribution in [0, 0.1) is 0 Å². The number of hydrogen-bond donors (Lipinski definition) is 0. The van der Waals surface area contributed by atoms with E-state index < -0.39 is 0 Å². The molecule has 0 aliphatic heterocycles. The number of rotatable bonds is 7. The molecule has 0 unspecified atom stereocenters. The van der Waals surface area contributed by atoms with Crippen molar-refractivity contribution in [3.8, 4) is 11.3 Å². The molecular formula is C50H50Cl2N2O. The first kappa shape index (κ1) is 38.3. The molecule has 7 rings (SSSR count). The highest BCUT2D eigenvalue weighted by Crippen LogP contribution is 2.49. The third-order valence-electron chi connectivity index (χ3n) is 10.3. The second-order valence-corrected chi connectivity index (χ2v) is 18.3. The molecule has 0 fully saturated rings. The first-order valence-corrected chi connectivity index (χ1v) is 19.7. The van der Waals surface area contributed by atoms with E-state index in [1.54, 1.807) is 0 Å². The molecule has 3 nitrogen and oxygen atoms in total. The maximum Gasteiger partial charge on any atom is 0.135 e. The lowest BCUT2D eigenvalue weighted by atomic mass is 9.86. The topological polar surface area (TPSA) is 19.6 Å². The van der Waals surface area contributed by atoms with E-state index in [-0.39, 0.29) is 16.2 Å². The van der Waals surface area contributed by atoms with Gasteiger partial charge in [0, 0.05) is 38.7 Å². The summed E-state index contributed by atoms with van der Waals surface area (Å²) in [6.45, 7) is 20.1. The van der Waals surface area contributed by atoms with Crippen LogP contribution in [0.3, 0.4) is 0 Å². The molecule has 0 amide bonds. The van der Waals surface area contributed by atoms with Gasteiger partial charge in [0.05, 0.1) is 16.4 Å². The fourth-order valence-corrected chi connectivity index (χ4v) is 7.46. The van der Waals surface area contributed by atoms with E-state index in [9.17, 15) is 0 Å². The predicted molar refractivity (Wildman–Crippen MR) is 237 cm³/mol. The molecule has 0 N–H and O–H groups in total. The number of para-hydroxylation sites is 1. The number of halogens is 2. The largest absolute Gasteiger partial charge is 0.456 e. The second kappa shape index (κ2) is 14.6. The summed E-state index contributed by atoms with van der Waals surface area (Å²) in [6, 6.07) is 48.8. The fraction of sp³-hybridized carbons (Fsp3) is 0.240. The Hall–Kier alpha value is -4.96. The summed E-state index contributed by atoms with van der Waals surface area (Å²) in [4.78, 5) is 4.40. The van der Waals surface area contributed by atoms with Crippen molar-refractivity contribution in [2.45, 2.75) is 78.6 Å². The summed E-state index contributed by atoms with van der Waals surface area (Å²) in [5.74, 6) is 0.822. The van der Waals surface area contributed by atoms with E-state index in [2.05, 4.69) is 181 Å².